The molecule has 2 heteroatoms. The Hall–Kier alpha value is -0.760. The minimum absolute atomic E-state index is 0.819. The van der Waals surface area contributed by atoms with Crippen LogP contribution in [0, 0.1) is 0 Å². The number of hydrogen-bond acceptors (Lipinski definition) is 1. The number of rotatable bonds is 11. The summed E-state index contributed by atoms with van der Waals surface area (Å²) in [5.74, 6) is 0.999. The van der Waals surface area contributed by atoms with Gasteiger partial charge in [0.2, 0.25) is 0 Å². The molecule has 0 N–H and O–H groups in total. The smallest absolute Gasteiger partial charge is 0.122 e. The lowest BCUT2D eigenvalue weighted by molar-refractivity contribution is 0.302. The SMILES string of the molecule is C=CCc1cc(Br)ccc1OCCCCCCCCC. The van der Waals surface area contributed by atoms with Gasteiger partial charge in [0.05, 0.1) is 6.61 Å². The number of ether oxygens (including phenoxy) is 1. The Labute approximate surface area is 132 Å². The van der Waals surface area contributed by atoms with E-state index in [0.717, 1.165) is 29.7 Å². The molecule has 0 spiro atoms. The van der Waals surface area contributed by atoms with Gasteiger partial charge in [0, 0.05) is 4.47 Å². The highest BCUT2D eigenvalue weighted by Crippen LogP contribution is 2.24. The highest BCUT2D eigenvalue weighted by Gasteiger charge is 2.03. The summed E-state index contributed by atoms with van der Waals surface area (Å²) in [5.41, 5.74) is 1.21. The van der Waals surface area contributed by atoms with Gasteiger partial charge in [-0.2, -0.15) is 0 Å². The van der Waals surface area contributed by atoms with Crippen molar-refractivity contribution in [3.05, 3.63) is 40.9 Å². The summed E-state index contributed by atoms with van der Waals surface area (Å²) in [6.45, 7) is 6.88. The van der Waals surface area contributed by atoms with Gasteiger partial charge in [-0.05, 0) is 36.6 Å². The molecule has 0 saturated heterocycles. The van der Waals surface area contributed by atoms with Crippen LogP contribution in [0.25, 0.3) is 0 Å². The maximum atomic E-state index is 5.90. The zero-order chi connectivity index (χ0) is 14.6. The fraction of sp³-hybridized carbons (Fsp3) is 0.556. The van der Waals surface area contributed by atoms with Crippen LogP contribution in [-0.4, -0.2) is 6.61 Å². The van der Waals surface area contributed by atoms with E-state index in [1.54, 1.807) is 0 Å². The van der Waals surface area contributed by atoms with Gasteiger partial charge in [-0.3, -0.25) is 0 Å². The Balaban J connectivity index is 2.22. The van der Waals surface area contributed by atoms with Gasteiger partial charge in [0.15, 0.2) is 0 Å². The van der Waals surface area contributed by atoms with Gasteiger partial charge in [0.1, 0.15) is 5.75 Å². The highest BCUT2D eigenvalue weighted by molar-refractivity contribution is 9.10. The molecular weight excluding hydrogens is 312 g/mol. The summed E-state index contributed by atoms with van der Waals surface area (Å²) in [5, 5.41) is 0. The van der Waals surface area contributed by atoms with Crippen LogP contribution in [0.3, 0.4) is 0 Å². The van der Waals surface area contributed by atoms with Gasteiger partial charge in [-0.1, -0.05) is 67.5 Å². The molecule has 1 aromatic carbocycles. The monoisotopic (exact) mass is 338 g/mol. The van der Waals surface area contributed by atoms with E-state index >= 15 is 0 Å². The normalized spacial score (nSPS) is 10.5. The minimum Gasteiger partial charge on any atom is -0.493 e. The summed E-state index contributed by atoms with van der Waals surface area (Å²) in [6.07, 6.45) is 12.0. The summed E-state index contributed by atoms with van der Waals surface area (Å²) in [6, 6.07) is 6.19. The number of unbranched alkanes of at least 4 members (excludes halogenated alkanes) is 6. The van der Waals surface area contributed by atoms with Crippen molar-refractivity contribution >= 4 is 15.9 Å². The third-order valence-electron chi connectivity index (χ3n) is 3.39. The van der Waals surface area contributed by atoms with Crippen molar-refractivity contribution in [2.75, 3.05) is 6.61 Å². The molecule has 0 aliphatic rings. The van der Waals surface area contributed by atoms with Crippen molar-refractivity contribution in [1.82, 2.24) is 0 Å². The molecule has 1 rings (SSSR count). The van der Waals surface area contributed by atoms with Gasteiger partial charge in [-0.15, -0.1) is 6.58 Å². The van der Waals surface area contributed by atoms with E-state index in [4.69, 9.17) is 4.74 Å². The standard InChI is InChI=1S/C18H27BrO/c1-3-5-6-7-8-9-10-14-20-18-13-12-17(19)15-16(18)11-4-2/h4,12-13,15H,2-3,5-11,14H2,1H3. The molecule has 0 aromatic heterocycles. The molecule has 1 nitrogen and oxygen atoms in total. The highest BCUT2D eigenvalue weighted by atomic mass is 79.9. The quantitative estimate of drug-likeness (QED) is 0.339. The van der Waals surface area contributed by atoms with E-state index < -0.39 is 0 Å². The summed E-state index contributed by atoms with van der Waals surface area (Å²) < 4.78 is 7.00. The number of halogens is 1. The maximum Gasteiger partial charge on any atom is 0.122 e. The molecule has 0 atom stereocenters. The lowest BCUT2D eigenvalue weighted by atomic mass is 10.1. The van der Waals surface area contributed by atoms with Crippen molar-refractivity contribution < 1.29 is 4.74 Å². The molecule has 0 fully saturated rings. The first-order valence-electron chi connectivity index (χ1n) is 7.80. The van der Waals surface area contributed by atoms with Crippen molar-refractivity contribution in [1.29, 1.82) is 0 Å². The zero-order valence-corrected chi connectivity index (χ0v) is 14.3. The first kappa shape index (κ1) is 17.3. The van der Waals surface area contributed by atoms with Crippen molar-refractivity contribution in [3.8, 4) is 5.75 Å². The van der Waals surface area contributed by atoms with E-state index in [2.05, 4.69) is 35.5 Å². The Morgan fingerprint density at radius 1 is 1.10 bits per heavy atom. The van der Waals surface area contributed by atoms with Crippen LogP contribution >= 0.6 is 15.9 Å². The summed E-state index contributed by atoms with van der Waals surface area (Å²) in [7, 11) is 0. The number of hydrogen-bond donors (Lipinski definition) is 0. The molecular formula is C18H27BrO. The third kappa shape index (κ3) is 7.14. The average molecular weight is 339 g/mol. The minimum atomic E-state index is 0.819. The average Bonchev–Trinajstić information content (AvgIpc) is 2.44. The van der Waals surface area contributed by atoms with Crippen LogP contribution in [0.5, 0.6) is 5.75 Å². The predicted octanol–water partition coefficient (Wildman–Crippen LogP) is 6.31. The van der Waals surface area contributed by atoms with Crippen LogP contribution < -0.4 is 4.74 Å². The zero-order valence-electron chi connectivity index (χ0n) is 12.7. The molecule has 112 valence electrons. The summed E-state index contributed by atoms with van der Waals surface area (Å²) >= 11 is 3.50. The van der Waals surface area contributed by atoms with Crippen LogP contribution in [-0.2, 0) is 6.42 Å². The van der Waals surface area contributed by atoms with Crippen molar-refractivity contribution in [2.45, 2.75) is 58.3 Å². The van der Waals surface area contributed by atoms with Crippen LogP contribution in [0.2, 0.25) is 0 Å². The predicted molar refractivity (Wildman–Crippen MR) is 91.5 cm³/mol. The van der Waals surface area contributed by atoms with E-state index in [1.165, 1.54) is 44.1 Å². The van der Waals surface area contributed by atoms with Crippen LogP contribution in [0.4, 0.5) is 0 Å². The van der Waals surface area contributed by atoms with E-state index in [-0.39, 0.29) is 0 Å². The fourth-order valence-corrected chi connectivity index (χ4v) is 2.65. The molecule has 0 unspecified atom stereocenters. The molecule has 0 aliphatic heterocycles. The second-order valence-electron chi connectivity index (χ2n) is 5.21. The van der Waals surface area contributed by atoms with Gasteiger partial charge in [0.25, 0.3) is 0 Å². The topological polar surface area (TPSA) is 9.23 Å². The first-order valence-corrected chi connectivity index (χ1v) is 8.59. The molecule has 0 bridgehead atoms. The lowest BCUT2D eigenvalue weighted by Gasteiger charge is -2.11. The van der Waals surface area contributed by atoms with Crippen molar-refractivity contribution in [2.24, 2.45) is 0 Å². The fourth-order valence-electron chi connectivity index (χ4n) is 2.25. The summed E-state index contributed by atoms with van der Waals surface area (Å²) in [4.78, 5) is 0. The van der Waals surface area contributed by atoms with Gasteiger partial charge >= 0.3 is 0 Å². The number of allylic oxidation sites excluding steroid dienone is 1. The Morgan fingerprint density at radius 2 is 1.80 bits per heavy atom. The third-order valence-corrected chi connectivity index (χ3v) is 3.89. The van der Waals surface area contributed by atoms with E-state index in [1.807, 2.05) is 18.2 Å². The Morgan fingerprint density at radius 3 is 2.50 bits per heavy atom. The molecule has 0 amide bonds. The molecule has 20 heavy (non-hydrogen) atoms. The van der Waals surface area contributed by atoms with Crippen molar-refractivity contribution in [3.63, 3.8) is 0 Å². The molecule has 0 saturated carbocycles. The van der Waals surface area contributed by atoms with Gasteiger partial charge < -0.3 is 4.74 Å². The second kappa shape index (κ2) is 11.0. The lowest BCUT2D eigenvalue weighted by Crippen LogP contribution is -2.00. The first-order chi connectivity index (χ1) is 9.77. The van der Waals surface area contributed by atoms with Crippen LogP contribution in [0.1, 0.15) is 57.4 Å². The number of benzene rings is 1. The second-order valence-corrected chi connectivity index (χ2v) is 6.13. The maximum absolute atomic E-state index is 5.90. The van der Waals surface area contributed by atoms with E-state index in [0.29, 0.717) is 0 Å². The van der Waals surface area contributed by atoms with Gasteiger partial charge in [-0.25, -0.2) is 0 Å². The van der Waals surface area contributed by atoms with E-state index in [9.17, 15) is 0 Å². The molecule has 0 heterocycles. The molecule has 0 aliphatic carbocycles. The Kier molecular flexibility index (Phi) is 9.48. The molecule has 1 aromatic rings. The largest absolute Gasteiger partial charge is 0.493 e. The molecule has 0 radical (unpaired) electrons. The van der Waals surface area contributed by atoms with Crippen LogP contribution in [0.15, 0.2) is 35.3 Å². The Bertz CT molecular complexity index is 387.